The molecular weight excluding hydrogens is 258 g/mol. The van der Waals surface area contributed by atoms with Crippen LogP contribution in [0.25, 0.3) is 0 Å². The molecule has 1 aliphatic carbocycles. The van der Waals surface area contributed by atoms with E-state index >= 15 is 0 Å². The van der Waals surface area contributed by atoms with E-state index in [1.807, 2.05) is 6.92 Å². The van der Waals surface area contributed by atoms with Gasteiger partial charge in [0, 0.05) is 11.4 Å². The van der Waals surface area contributed by atoms with Gasteiger partial charge in [-0.25, -0.2) is 4.98 Å². The van der Waals surface area contributed by atoms with Gasteiger partial charge in [-0.15, -0.1) is 11.3 Å². The van der Waals surface area contributed by atoms with Crippen LogP contribution in [0.15, 0.2) is 5.38 Å². The molecule has 4 unspecified atom stereocenters. The summed E-state index contributed by atoms with van der Waals surface area (Å²) in [5.74, 6) is 1.15. The summed E-state index contributed by atoms with van der Waals surface area (Å²) in [5, 5.41) is 5.74. The van der Waals surface area contributed by atoms with Crippen molar-refractivity contribution in [2.24, 2.45) is 17.6 Å². The van der Waals surface area contributed by atoms with E-state index in [1.54, 1.807) is 5.38 Å². The van der Waals surface area contributed by atoms with Crippen molar-refractivity contribution in [3.05, 3.63) is 16.1 Å². The number of aromatic nitrogens is 1. The highest BCUT2D eigenvalue weighted by Gasteiger charge is 2.28. The normalized spacial score (nSPS) is 28.9. The van der Waals surface area contributed by atoms with Gasteiger partial charge in [0.25, 0.3) is 5.91 Å². The third-order valence-electron chi connectivity index (χ3n) is 4.17. The quantitative estimate of drug-likeness (QED) is 0.895. The van der Waals surface area contributed by atoms with Gasteiger partial charge in [0.2, 0.25) is 0 Å². The van der Waals surface area contributed by atoms with E-state index in [2.05, 4.69) is 24.1 Å². The van der Waals surface area contributed by atoms with Crippen LogP contribution in [0.5, 0.6) is 0 Å². The van der Waals surface area contributed by atoms with Crippen LogP contribution in [0.4, 0.5) is 0 Å². The number of hydrogen-bond donors (Lipinski definition) is 2. The van der Waals surface area contributed by atoms with Gasteiger partial charge in [-0.2, -0.15) is 0 Å². The lowest BCUT2D eigenvalue weighted by Gasteiger charge is -2.34. The molecule has 1 aromatic rings. The standard InChI is InChI=1S/C14H23N3OS/c1-8-5-4-6-11(9(8)2)16-13(18)12-7-19-14(17-12)10(3)15/h7-11H,4-6,15H2,1-3H3,(H,16,18). The SMILES string of the molecule is CC(N)c1nc(C(=O)NC2CCCC(C)C2C)cs1. The largest absolute Gasteiger partial charge is 0.348 e. The zero-order valence-corrected chi connectivity index (χ0v) is 12.7. The molecule has 0 aromatic carbocycles. The summed E-state index contributed by atoms with van der Waals surface area (Å²) in [6, 6.07) is 0.164. The zero-order chi connectivity index (χ0) is 14.0. The molecule has 0 aliphatic heterocycles. The lowest BCUT2D eigenvalue weighted by Crippen LogP contribution is -2.43. The van der Waals surface area contributed by atoms with Crippen molar-refractivity contribution >= 4 is 17.2 Å². The van der Waals surface area contributed by atoms with Crippen molar-refractivity contribution in [1.82, 2.24) is 10.3 Å². The van der Waals surface area contributed by atoms with Crippen LogP contribution in [-0.2, 0) is 0 Å². The molecule has 1 heterocycles. The first-order valence-corrected chi connectivity index (χ1v) is 7.89. The average Bonchev–Trinajstić information content (AvgIpc) is 2.84. The summed E-state index contributed by atoms with van der Waals surface area (Å²) >= 11 is 1.45. The van der Waals surface area contributed by atoms with Gasteiger partial charge >= 0.3 is 0 Å². The molecule has 0 spiro atoms. The number of nitrogens with one attached hydrogen (secondary N) is 1. The molecule has 0 bridgehead atoms. The smallest absolute Gasteiger partial charge is 0.270 e. The van der Waals surface area contributed by atoms with E-state index in [0.717, 1.165) is 11.4 Å². The van der Waals surface area contributed by atoms with Gasteiger partial charge < -0.3 is 11.1 Å². The Morgan fingerprint density at radius 2 is 2.26 bits per heavy atom. The van der Waals surface area contributed by atoms with Crippen molar-refractivity contribution in [3.8, 4) is 0 Å². The number of carbonyl (C=O) groups is 1. The molecule has 1 aromatic heterocycles. The summed E-state index contributed by atoms with van der Waals surface area (Å²) < 4.78 is 0. The number of rotatable bonds is 3. The number of nitrogens with zero attached hydrogens (tertiary/aromatic N) is 1. The molecule has 0 saturated heterocycles. The molecule has 1 fully saturated rings. The highest BCUT2D eigenvalue weighted by atomic mass is 32.1. The molecular formula is C14H23N3OS. The number of carbonyl (C=O) groups excluding carboxylic acids is 1. The topological polar surface area (TPSA) is 68.0 Å². The maximum Gasteiger partial charge on any atom is 0.270 e. The molecule has 1 aliphatic rings. The van der Waals surface area contributed by atoms with Crippen LogP contribution in [0.2, 0.25) is 0 Å². The van der Waals surface area contributed by atoms with Gasteiger partial charge in [-0.1, -0.05) is 26.7 Å². The fourth-order valence-electron chi connectivity index (χ4n) is 2.63. The van der Waals surface area contributed by atoms with Crippen LogP contribution in [0, 0.1) is 11.8 Å². The summed E-state index contributed by atoms with van der Waals surface area (Å²) in [5.41, 5.74) is 6.27. The second-order valence-electron chi connectivity index (χ2n) is 5.71. The van der Waals surface area contributed by atoms with Crippen LogP contribution < -0.4 is 11.1 Å². The summed E-state index contributed by atoms with van der Waals surface area (Å²) in [6.45, 7) is 6.37. The van der Waals surface area contributed by atoms with Gasteiger partial charge in [0.15, 0.2) is 0 Å². The summed E-state index contributed by atoms with van der Waals surface area (Å²) in [6.07, 6.45) is 3.53. The monoisotopic (exact) mass is 281 g/mol. The third-order valence-corrected chi connectivity index (χ3v) is 5.21. The minimum Gasteiger partial charge on any atom is -0.348 e. The molecule has 0 radical (unpaired) electrons. The van der Waals surface area contributed by atoms with Crippen molar-refractivity contribution in [1.29, 1.82) is 0 Å². The van der Waals surface area contributed by atoms with Crippen LogP contribution in [-0.4, -0.2) is 16.9 Å². The van der Waals surface area contributed by atoms with E-state index in [4.69, 9.17) is 5.73 Å². The predicted molar refractivity (Wildman–Crippen MR) is 78.1 cm³/mol. The molecule has 1 saturated carbocycles. The Hall–Kier alpha value is -0.940. The molecule has 4 atom stereocenters. The van der Waals surface area contributed by atoms with Crippen molar-refractivity contribution in [2.75, 3.05) is 0 Å². The summed E-state index contributed by atoms with van der Waals surface area (Å²) in [4.78, 5) is 16.5. The Morgan fingerprint density at radius 3 is 2.89 bits per heavy atom. The minimum atomic E-state index is -0.111. The fourth-order valence-corrected chi connectivity index (χ4v) is 3.39. The van der Waals surface area contributed by atoms with Crippen molar-refractivity contribution < 1.29 is 4.79 Å². The van der Waals surface area contributed by atoms with Gasteiger partial charge in [0.1, 0.15) is 10.7 Å². The highest BCUT2D eigenvalue weighted by molar-refractivity contribution is 7.09. The number of nitrogens with two attached hydrogens (primary N) is 1. The maximum absolute atomic E-state index is 12.2. The van der Waals surface area contributed by atoms with E-state index in [-0.39, 0.29) is 18.0 Å². The Labute approximate surface area is 118 Å². The van der Waals surface area contributed by atoms with Gasteiger partial charge in [-0.05, 0) is 25.2 Å². The molecule has 3 N–H and O–H groups in total. The molecule has 19 heavy (non-hydrogen) atoms. The second kappa shape index (κ2) is 6.01. The first-order valence-electron chi connectivity index (χ1n) is 7.01. The molecule has 106 valence electrons. The molecule has 2 rings (SSSR count). The van der Waals surface area contributed by atoms with E-state index < -0.39 is 0 Å². The Kier molecular flexibility index (Phi) is 4.58. The highest BCUT2D eigenvalue weighted by Crippen LogP contribution is 2.29. The van der Waals surface area contributed by atoms with Crippen LogP contribution in [0.1, 0.15) is 61.6 Å². The van der Waals surface area contributed by atoms with Gasteiger partial charge in [-0.3, -0.25) is 4.79 Å². The number of amides is 1. The first kappa shape index (κ1) is 14.5. The Morgan fingerprint density at radius 1 is 1.53 bits per heavy atom. The number of hydrogen-bond acceptors (Lipinski definition) is 4. The lowest BCUT2D eigenvalue weighted by molar-refractivity contribution is 0.0886. The Bertz CT molecular complexity index is 444. The molecule has 5 heteroatoms. The average molecular weight is 281 g/mol. The third kappa shape index (κ3) is 3.34. The lowest BCUT2D eigenvalue weighted by atomic mass is 9.78. The van der Waals surface area contributed by atoms with Crippen molar-refractivity contribution in [3.63, 3.8) is 0 Å². The molecule has 4 nitrogen and oxygen atoms in total. The second-order valence-corrected chi connectivity index (χ2v) is 6.60. The zero-order valence-electron chi connectivity index (χ0n) is 11.8. The van der Waals surface area contributed by atoms with Crippen molar-refractivity contribution in [2.45, 2.75) is 52.1 Å². The van der Waals surface area contributed by atoms with E-state index in [1.165, 1.54) is 24.2 Å². The number of thiazole rings is 1. The van der Waals surface area contributed by atoms with Gasteiger partial charge in [0.05, 0.1) is 6.04 Å². The van der Waals surface area contributed by atoms with Crippen LogP contribution >= 0.6 is 11.3 Å². The predicted octanol–water partition coefficient (Wildman–Crippen LogP) is 2.72. The van der Waals surface area contributed by atoms with Crippen LogP contribution in [0.3, 0.4) is 0 Å². The summed E-state index contributed by atoms with van der Waals surface area (Å²) in [7, 11) is 0. The first-order chi connectivity index (χ1) is 8.99. The Balaban J connectivity index is 2.00. The van der Waals surface area contributed by atoms with E-state index in [0.29, 0.717) is 17.5 Å². The fraction of sp³-hybridized carbons (Fsp3) is 0.714. The van der Waals surface area contributed by atoms with E-state index in [9.17, 15) is 4.79 Å². The maximum atomic E-state index is 12.2. The minimum absolute atomic E-state index is 0.0610. The molecule has 1 amide bonds.